The Morgan fingerprint density at radius 3 is 3.09 bits per heavy atom. The van der Waals surface area contributed by atoms with Crippen LogP contribution in [0.5, 0.6) is 11.6 Å². The quantitative estimate of drug-likeness (QED) is 0.913. The second-order valence-corrected chi connectivity index (χ2v) is 5.51. The monoisotopic (exact) mass is 311 g/mol. The van der Waals surface area contributed by atoms with Crippen molar-refractivity contribution in [3.63, 3.8) is 0 Å². The molecule has 2 atom stereocenters. The zero-order chi connectivity index (χ0) is 16.2. The first kappa shape index (κ1) is 15.1. The summed E-state index contributed by atoms with van der Waals surface area (Å²) in [6, 6.07) is 9.56. The van der Waals surface area contributed by atoms with Gasteiger partial charge in [-0.3, -0.25) is 4.79 Å². The molecule has 0 aliphatic carbocycles. The Morgan fingerprint density at radius 1 is 1.43 bits per heavy atom. The molecule has 1 aliphatic heterocycles. The van der Waals surface area contributed by atoms with Gasteiger partial charge in [-0.1, -0.05) is 6.07 Å². The third-order valence-electron chi connectivity index (χ3n) is 3.98. The van der Waals surface area contributed by atoms with Crippen molar-refractivity contribution in [3.8, 4) is 17.7 Å². The van der Waals surface area contributed by atoms with Gasteiger partial charge in [0.05, 0.1) is 25.1 Å². The lowest BCUT2D eigenvalue weighted by Gasteiger charge is -2.13. The number of benzene rings is 1. The SMILES string of the molecule is COc1ccc2ccnc(OC[C@@H]3C[C@@H](CC#N)C(=O)N3)c2c1. The first-order chi connectivity index (χ1) is 11.2. The van der Waals surface area contributed by atoms with Crippen molar-refractivity contribution in [3.05, 3.63) is 30.5 Å². The first-order valence-corrected chi connectivity index (χ1v) is 7.44. The molecule has 6 heteroatoms. The van der Waals surface area contributed by atoms with E-state index in [-0.39, 0.29) is 24.3 Å². The molecule has 0 spiro atoms. The Morgan fingerprint density at radius 2 is 2.30 bits per heavy atom. The van der Waals surface area contributed by atoms with Crippen LogP contribution in [0.2, 0.25) is 0 Å². The number of nitriles is 1. The molecule has 1 aromatic heterocycles. The van der Waals surface area contributed by atoms with E-state index in [4.69, 9.17) is 14.7 Å². The summed E-state index contributed by atoms with van der Waals surface area (Å²) in [7, 11) is 1.61. The number of hydrogen-bond donors (Lipinski definition) is 1. The smallest absolute Gasteiger partial charge is 0.224 e. The van der Waals surface area contributed by atoms with E-state index >= 15 is 0 Å². The highest BCUT2D eigenvalue weighted by molar-refractivity contribution is 5.88. The van der Waals surface area contributed by atoms with Crippen molar-refractivity contribution in [2.45, 2.75) is 18.9 Å². The van der Waals surface area contributed by atoms with E-state index in [9.17, 15) is 4.79 Å². The number of nitrogens with zero attached hydrogens (tertiary/aromatic N) is 2. The number of pyridine rings is 1. The normalized spacial score (nSPS) is 20.1. The number of ether oxygens (including phenoxy) is 2. The van der Waals surface area contributed by atoms with Gasteiger partial charge in [0.15, 0.2) is 0 Å². The van der Waals surface area contributed by atoms with E-state index in [1.807, 2.05) is 30.3 Å². The van der Waals surface area contributed by atoms with Crippen LogP contribution in [-0.2, 0) is 4.79 Å². The van der Waals surface area contributed by atoms with Crippen molar-refractivity contribution < 1.29 is 14.3 Å². The molecule has 1 amide bonds. The number of rotatable bonds is 5. The van der Waals surface area contributed by atoms with Crippen molar-refractivity contribution in [1.82, 2.24) is 10.3 Å². The molecule has 3 rings (SSSR count). The highest BCUT2D eigenvalue weighted by atomic mass is 16.5. The lowest BCUT2D eigenvalue weighted by atomic mass is 10.0. The van der Waals surface area contributed by atoms with E-state index in [0.29, 0.717) is 18.9 Å². The number of methoxy groups -OCH3 is 1. The Hall–Kier alpha value is -2.81. The summed E-state index contributed by atoms with van der Waals surface area (Å²) >= 11 is 0. The molecule has 0 unspecified atom stereocenters. The number of amides is 1. The van der Waals surface area contributed by atoms with Gasteiger partial charge in [0, 0.05) is 18.0 Å². The summed E-state index contributed by atoms with van der Waals surface area (Å²) in [6.45, 7) is 0.330. The van der Waals surface area contributed by atoms with Crippen LogP contribution in [0.4, 0.5) is 0 Å². The lowest BCUT2D eigenvalue weighted by molar-refractivity contribution is -0.122. The van der Waals surface area contributed by atoms with Crippen LogP contribution >= 0.6 is 0 Å². The highest BCUT2D eigenvalue weighted by Gasteiger charge is 2.32. The van der Waals surface area contributed by atoms with Crippen LogP contribution in [0.3, 0.4) is 0 Å². The largest absolute Gasteiger partial charge is 0.497 e. The number of aromatic nitrogens is 1. The molecule has 118 valence electrons. The van der Waals surface area contributed by atoms with E-state index in [1.54, 1.807) is 13.3 Å². The lowest BCUT2D eigenvalue weighted by Crippen LogP contribution is -2.31. The Kier molecular flexibility index (Phi) is 4.29. The molecule has 23 heavy (non-hydrogen) atoms. The van der Waals surface area contributed by atoms with E-state index < -0.39 is 0 Å². The molecule has 1 fully saturated rings. The van der Waals surface area contributed by atoms with Gasteiger partial charge < -0.3 is 14.8 Å². The molecule has 1 N–H and O–H groups in total. The van der Waals surface area contributed by atoms with E-state index in [0.717, 1.165) is 16.5 Å². The van der Waals surface area contributed by atoms with Crippen LogP contribution < -0.4 is 14.8 Å². The number of hydrogen-bond acceptors (Lipinski definition) is 5. The number of fused-ring (bicyclic) bond motifs is 1. The summed E-state index contributed by atoms with van der Waals surface area (Å²) in [5.41, 5.74) is 0. The van der Waals surface area contributed by atoms with Crippen LogP contribution in [0.25, 0.3) is 10.8 Å². The fourth-order valence-electron chi connectivity index (χ4n) is 2.77. The fraction of sp³-hybridized carbons (Fsp3) is 0.353. The Balaban J connectivity index is 1.73. The topological polar surface area (TPSA) is 84.2 Å². The van der Waals surface area contributed by atoms with Crippen LogP contribution in [0.1, 0.15) is 12.8 Å². The zero-order valence-corrected chi connectivity index (χ0v) is 12.8. The van der Waals surface area contributed by atoms with Crippen LogP contribution in [0.15, 0.2) is 30.5 Å². The molecular weight excluding hydrogens is 294 g/mol. The minimum Gasteiger partial charge on any atom is -0.497 e. The van der Waals surface area contributed by atoms with Crippen molar-refractivity contribution in [2.75, 3.05) is 13.7 Å². The fourth-order valence-corrected chi connectivity index (χ4v) is 2.77. The first-order valence-electron chi connectivity index (χ1n) is 7.44. The molecule has 6 nitrogen and oxygen atoms in total. The third-order valence-corrected chi connectivity index (χ3v) is 3.98. The van der Waals surface area contributed by atoms with Gasteiger partial charge in [-0.15, -0.1) is 0 Å². The van der Waals surface area contributed by atoms with E-state index in [1.165, 1.54) is 0 Å². The summed E-state index contributed by atoms with van der Waals surface area (Å²) in [5, 5.41) is 13.5. The number of carbonyl (C=O) groups excluding carboxylic acids is 1. The third kappa shape index (κ3) is 3.19. The number of carbonyl (C=O) groups is 1. The minimum atomic E-state index is -0.242. The maximum atomic E-state index is 11.7. The number of nitrogens with one attached hydrogen (secondary N) is 1. The van der Waals surface area contributed by atoms with Gasteiger partial charge in [0.2, 0.25) is 11.8 Å². The molecular formula is C17H17N3O3. The average Bonchev–Trinajstić information content (AvgIpc) is 2.92. The highest BCUT2D eigenvalue weighted by Crippen LogP contribution is 2.28. The zero-order valence-electron chi connectivity index (χ0n) is 12.8. The van der Waals surface area contributed by atoms with Gasteiger partial charge >= 0.3 is 0 Å². The second kappa shape index (κ2) is 6.53. The Bertz CT molecular complexity index is 769. The summed E-state index contributed by atoms with van der Waals surface area (Å²) in [4.78, 5) is 16.0. The Labute approximate surface area is 134 Å². The standard InChI is InChI=1S/C17H17N3O3/c1-22-14-3-2-11-5-7-19-17(15(11)9-14)23-10-13-8-12(4-6-18)16(21)20-13/h2-3,5,7,9,12-13H,4,8,10H2,1H3,(H,20,21)/t12-,13+/m1/s1. The van der Waals surface area contributed by atoms with Gasteiger partial charge in [-0.2, -0.15) is 5.26 Å². The molecule has 2 aromatic rings. The predicted octanol–water partition coefficient (Wildman–Crippen LogP) is 2.04. The molecule has 2 heterocycles. The van der Waals surface area contributed by atoms with Crippen LogP contribution in [0, 0.1) is 17.2 Å². The molecule has 0 saturated carbocycles. The van der Waals surface area contributed by atoms with Gasteiger partial charge in [-0.25, -0.2) is 4.98 Å². The van der Waals surface area contributed by atoms with Crippen molar-refractivity contribution >= 4 is 16.7 Å². The molecule has 1 aromatic carbocycles. The minimum absolute atomic E-state index is 0.0762. The van der Waals surface area contributed by atoms with Crippen LogP contribution in [-0.4, -0.2) is 30.6 Å². The predicted molar refractivity (Wildman–Crippen MR) is 84.1 cm³/mol. The average molecular weight is 311 g/mol. The molecule has 1 aliphatic rings. The molecule has 0 bridgehead atoms. The summed E-state index contributed by atoms with van der Waals surface area (Å²) < 4.78 is 11.1. The van der Waals surface area contributed by atoms with Crippen molar-refractivity contribution in [1.29, 1.82) is 5.26 Å². The van der Waals surface area contributed by atoms with Gasteiger partial charge in [0.25, 0.3) is 0 Å². The second-order valence-electron chi connectivity index (χ2n) is 5.51. The van der Waals surface area contributed by atoms with Crippen molar-refractivity contribution in [2.24, 2.45) is 5.92 Å². The van der Waals surface area contributed by atoms with Gasteiger partial charge in [-0.05, 0) is 30.0 Å². The molecule has 0 radical (unpaired) electrons. The van der Waals surface area contributed by atoms with Gasteiger partial charge in [0.1, 0.15) is 12.4 Å². The maximum absolute atomic E-state index is 11.7. The summed E-state index contributed by atoms with van der Waals surface area (Å²) in [5.74, 6) is 0.930. The maximum Gasteiger partial charge on any atom is 0.224 e. The van der Waals surface area contributed by atoms with E-state index in [2.05, 4.69) is 10.3 Å². The molecule has 1 saturated heterocycles. The summed E-state index contributed by atoms with van der Waals surface area (Å²) in [6.07, 6.45) is 2.54.